The quantitative estimate of drug-likeness (QED) is 0.739. The molecule has 1 aromatic rings. The van der Waals surface area contributed by atoms with Crippen LogP contribution < -0.4 is 0 Å². The highest BCUT2D eigenvalue weighted by atomic mass is 16.4. The highest BCUT2D eigenvalue weighted by Crippen LogP contribution is 2.44. The van der Waals surface area contributed by atoms with Crippen LogP contribution in [0, 0.1) is 0 Å². The number of rotatable bonds is 1. The van der Waals surface area contributed by atoms with E-state index in [9.17, 15) is 10.2 Å². The van der Waals surface area contributed by atoms with Gasteiger partial charge in [0.2, 0.25) is 0 Å². The summed E-state index contributed by atoms with van der Waals surface area (Å²) >= 11 is 0. The molecule has 0 amide bonds. The van der Waals surface area contributed by atoms with Gasteiger partial charge in [-0.15, -0.1) is 0 Å². The van der Waals surface area contributed by atoms with E-state index in [0.29, 0.717) is 12.8 Å². The molecule has 15 heavy (non-hydrogen) atoms. The zero-order valence-electron chi connectivity index (χ0n) is 9.11. The molecule has 0 radical (unpaired) electrons. The predicted octanol–water partition coefficient (Wildman–Crippen LogP) is 2.20. The molecule has 0 saturated heterocycles. The zero-order chi connectivity index (χ0) is 10.9. The number of benzene rings is 1. The van der Waals surface area contributed by atoms with Crippen LogP contribution in [0.2, 0.25) is 0 Å². The van der Waals surface area contributed by atoms with Crippen molar-refractivity contribution in [1.82, 2.24) is 0 Å². The van der Waals surface area contributed by atoms with E-state index in [1.54, 1.807) is 6.92 Å². The normalized spacial score (nSPS) is 36.5. The minimum Gasteiger partial charge on any atom is -0.387 e. The minimum atomic E-state index is -1.08. The summed E-state index contributed by atoms with van der Waals surface area (Å²) in [6.07, 6.45) is 3.27. The van der Waals surface area contributed by atoms with E-state index >= 15 is 0 Å². The van der Waals surface area contributed by atoms with Crippen molar-refractivity contribution in [3.05, 3.63) is 35.9 Å². The highest BCUT2D eigenvalue weighted by Gasteiger charge is 2.48. The van der Waals surface area contributed by atoms with Crippen molar-refractivity contribution in [3.8, 4) is 0 Å². The van der Waals surface area contributed by atoms with Gasteiger partial charge in [0.25, 0.3) is 0 Å². The molecular weight excluding hydrogens is 188 g/mol. The molecule has 1 aliphatic rings. The SMILES string of the molecule is C[C@@]1(O)CCCC[C@]1(O)c1ccccc1. The maximum atomic E-state index is 10.6. The van der Waals surface area contributed by atoms with E-state index < -0.39 is 11.2 Å². The van der Waals surface area contributed by atoms with Crippen molar-refractivity contribution in [1.29, 1.82) is 0 Å². The summed E-state index contributed by atoms with van der Waals surface area (Å²) < 4.78 is 0. The Labute approximate surface area is 90.6 Å². The lowest BCUT2D eigenvalue weighted by Gasteiger charge is -2.45. The molecule has 0 aromatic heterocycles. The molecule has 0 unspecified atom stereocenters. The lowest BCUT2D eigenvalue weighted by molar-refractivity contribution is -0.171. The Morgan fingerprint density at radius 2 is 1.60 bits per heavy atom. The third kappa shape index (κ3) is 1.68. The molecule has 0 bridgehead atoms. The van der Waals surface area contributed by atoms with Crippen LogP contribution in [0.25, 0.3) is 0 Å². The smallest absolute Gasteiger partial charge is 0.118 e. The van der Waals surface area contributed by atoms with Gasteiger partial charge in [-0.25, -0.2) is 0 Å². The van der Waals surface area contributed by atoms with Gasteiger partial charge in [0.15, 0.2) is 0 Å². The van der Waals surface area contributed by atoms with Crippen molar-refractivity contribution >= 4 is 0 Å². The third-order valence-corrected chi connectivity index (χ3v) is 3.59. The monoisotopic (exact) mass is 206 g/mol. The molecule has 1 aromatic carbocycles. The van der Waals surface area contributed by atoms with Gasteiger partial charge < -0.3 is 10.2 Å². The first-order chi connectivity index (χ1) is 7.06. The summed E-state index contributed by atoms with van der Waals surface area (Å²) in [4.78, 5) is 0. The Balaban J connectivity index is 2.40. The van der Waals surface area contributed by atoms with Crippen molar-refractivity contribution in [2.75, 3.05) is 0 Å². The van der Waals surface area contributed by atoms with Gasteiger partial charge in [0, 0.05) is 0 Å². The van der Waals surface area contributed by atoms with E-state index in [4.69, 9.17) is 0 Å². The largest absolute Gasteiger partial charge is 0.387 e. The second kappa shape index (κ2) is 3.62. The summed E-state index contributed by atoms with van der Waals surface area (Å²) in [5.74, 6) is 0. The van der Waals surface area contributed by atoms with E-state index in [2.05, 4.69) is 0 Å². The van der Waals surface area contributed by atoms with Crippen molar-refractivity contribution in [2.24, 2.45) is 0 Å². The van der Waals surface area contributed by atoms with Crippen molar-refractivity contribution in [2.45, 2.75) is 43.8 Å². The van der Waals surface area contributed by atoms with Gasteiger partial charge in [-0.1, -0.05) is 43.2 Å². The molecule has 1 saturated carbocycles. The molecular formula is C13H18O2. The molecule has 0 aliphatic heterocycles. The Hall–Kier alpha value is -0.860. The number of hydrogen-bond acceptors (Lipinski definition) is 2. The van der Waals surface area contributed by atoms with Crippen LogP contribution in [0.5, 0.6) is 0 Å². The standard InChI is InChI=1S/C13H18O2/c1-12(14)9-5-6-10-13(12,15)11-7-3-2-4-8-11/h2-4,7-8,14-15H,5-6,9-10H2,1H3/t12-,13+/m1/s1. The van der Waals surface area contributed by atoms with Gasteiger partial charge in [-0.3, -0.25) is 0 Å². The van der Waals surface area contributed by atoms with Crippen LogP contribution >= 0.6 is 0 Å². The van der Waals surface area contributed by atoms with Crippen molar-refractivity contribution in [3.63, 3.8) is 0 Å². The average molecular weight is 206 g/mol. The molecule has 2 heteroatoms. The van der Waals surface area contributed by atoms with Gasteiger partial charge in [-0.05, 0) is 25.3 Å². The fourth-order valence-corrected chi connectivity index (χ4v) is 2.50. The first-order valence-corrected chi connectivity index (χ1v) is 5.57. The molecule has 0 spiro atoms. The van der Waals surface area contributed by atoms with E-state index in [1.807, 2.05) is 30.3 Å². The lowest BCUT2D eigenvalue weighted by atomic mass is 9.69. The molecule has 1 fully saturated rings. The number of aliphatic hydroxyl groups is 2. The Bertz CT molecular complexity index is 332. The second-order valence-corrected chi connectivity index (χ2v) is 4.71. The summed E-state index contributed by atoms with van der Waals surface area (Å²) in [5.41, 5.74) is -1.26. The third-order valence-electron chi connectivity index (χ3n) is 3.59. The van der Waals surface area contributed by atoms with E-state index in [-0.39, 0.29) is 0 Å². The Morgan fingerprint density at radius 1 is 1.00 bits per heavy atom. The van der Waals surface area contributed by atoms with Crippen LogP contribution in [-0.4, -0.2) is 15.8 Å². The van der Waals surface area contributed by atoms with Gasteiger partial charge in [0.1, 0.15) is 5.60 Å². The first-order valence-electron chi connectivity index (χ1n) is 5.57. The molecule has 1 aliphatic carbocycles. The van der Waals surface area contributed by atoms with E-state index in [1.165, 1.54) is 0 Å². The first kappa shape index (κ1) is 10.7. The van der Waals surface area contributed by atoms with Crippen LogP contribution in [0.3, 0.4) is 0 Å². The van der Waals surface area contributed by atoms with Gasteiger partial charge >= 0.3 is 0 Å². The molecule has 2 atom stereocenters. The van der Waals surface area contributed by atoms with Crippen LogP contribution in [0.15, 0.2) is 30.3 Å². The zero-order valence-corrected chi connectivity index (χ0v) is 9.11. The predicted molar refractivity (Wildman–Crippen MR) is 59.4 cm³/mol. The maximum Gasteiger partial charge on any atom is 0.118 e. The average Bonchev–Trinajstić information content (AvgIpc) is 2.24. The minimum absolute atomic E-state index is 0.643. The summed E-state index contributed by atoms with van der Waals surface area (Å²) in [5, 5.41) is 20.9. The van der Waals surface area contributed by atoms with Crippen molar-refractivity contribution < 1.29 is 10.2 Å². The fourth-order valence-electron chi connectivity index (χ4n) is 2.50. The van der Waals surface area contributed by atoms with Crippen LogP contribution in [-0.2, 0) is 5.60 Å². The number of hydrogen-bond donors (Lipinski definition) is 2. The molecule has 0 heterocycles. The van der Waals surface area contributed by atoms with Gasteiger partial charge in [0.05, 0.1) is 5.60 Å². The summed E-state index contributed by atoms with van der Waals surface area (Å²) in [6.45, 7) is 1.74. The topological polar surface area (TPSA) is 40.5 Å². The molecule has 2 rings (SSSR count). The van der Waals surface area contributed by atoms with E-state index in [0.717, 1.165) is 18.4 Å². The Kier molecular flexibility index (Phi) is 2.57. The molecule has 2 nitrogen and oxygen atoms in total. The molecule has 2 N–H and O–H groups in total. The molecule has 82 valence electrons. The highest BCUT2D eigenvalue weighted by molar-refractivity contribution is 5.26. The summed E-state index contributed by atoms with van der Waals surface area (Å²) in [6, 6.07) is 9.50. The maximum absolute atomic E-state index is 10.6. The van der Waals surface area contributed by atoms with Crippen LogP contribution in [0.4, 0.5) is 0 Å². The summed E-state index contributed by atoms with van der Waals surface area (Å²) in [7, 11) is 0. The second-order valence-electron chi connectivity index (χ2n) is 4.71. The fraction of sp³-hybridized carbons (Fsp3) is 0.538. The van der Waals surface area contributed by atoms with Gasteiger partial charge in [-0.2, -0.15) is 0 Å². The lowest BCUT2D eigenvalue weighted by Crippen LogP contribution is -2.51. The van der Waals surface area contributed by atoms with Crippen LogP contribution in [0.1, 0.15) is 38.2 Å². The Morgan fingerprint density at radius 3 is 2.20 bits per heavy atom.